The van der Waals surface area contributed by atoms with Crippen LogP contribution in [-0.4, -0.2) is 30.9 Å². The SMILES string of the molecule is Cc1ccc(NC(C)C(=O)N(C)C)cc1N. The van der Waals surface area contributed by atoms with E-state index in [-0.39, 0.29) is 11.9 Å². The second-order valence-corrected chi connectivity index (χ2v) is 4.17. The van der Waals surface area contributed by atoms with E-state index < -0.39 is 0 Å². The van der Waals surface area contributed by atoms with Crippen molar-refractivity contribution in [2.24, 2.45) is 0 Å². The molecule has 0 radical (unpaired) electrons. The third kappa shape index (κ3) is 2.89. The number of aryl methyl sites for hydroxylation is 1. The van der Waals surface area contributed by atoms with Crippen molar-refractivity contribution < 1.29 is 4.79 Å². The van der Waals surface area contributed by atoms with E-state index in [1.165, 1.54) is 0 Å². The summed E-state index contributed by atoms with van der Waals surface area (Å²) in [5, 5.41) is 3.12. The Hall–Kier alpha value is -1.71. The predicted molar refractivity (Wildman–Crippen MR) is 67.4 cm³/mol. The van der Waals surface area contributed by atoms with Crippen LogP contribution in [0.4, 0.5) is 11.4 Å². The van der Waals surface area contributed by atoms with Crippen LogP contribution < -0.4 is 11.1 Å². The molecule has 4 heteroatoms. The molecule has 0 aliphatic rings. The molecule has 0 aliphatic heterocycles. The van der Waals surface area contributed by atoms with Gasteiger partial charge in [0, 0.05) is 25.5 Å². The van der Waals surface area contributed by atoms with E-state index in [0.717, 1.165) is 16.9 Å². The summed E-state index contributed by atoms with van der Waals surface area (Å²) in [5.41, 5.74) is 8.43. The number of nitrogens with one attached hydrogen (secondary N) is 1. The van der Waals surface area contributed by atoms with Crippen LogP contribution >= 0.6 is 0 Å². The fraction of sp³-hybridized carbons (Fsp3) is 0.417. The Morgan fingerprint density at radius 2 is 2.06 bits per heavy atom. The molecule has 0 saturated carbocycles. The van der Waals surface area contributed by atoms with Crippen LogP contribution in [-0.2, 0) is 4.79 Å². The Kier molecular flexibility index (Phi) is 3.77. The minimum atomic E-state index is -0.253. The highest BCUT2D eigenvalue weighted by atomic mass is 16.2. The first kappa shape index (κ1) is 12.4. The molecule has 0 heterocycles. The van der Waals surface area contributed by atoms with Crippen molar-refractivity contribution in [2.75, 3.05) is 25.1 Å². The summed E-state index contributed by atoms with van der Waals surface area (Å²) in [4.78, 5) is 13.2. The van der Waals surface area contributed by atoms with Crippen LogP contribution in [0, 0.1) is 6.92 Å². The number of carbonyl (C=O) groups is 1. The topological polar surface area (TPSA) is 58.4 Å². The lowest BCUT2D eigenvalue weighted by molar-refractivity contribution is -0.129. The highest BCUT2D eigenvalue weighted by molar-refractivity contribution is 5.84. The van der Waals surface area contributed by atoms with Crippen molar-refractivity contribution in [1.82, 2.24) is 4.90 Å². The number of benzene rings is 1. The number of nitrogen functional groups attached to an aromatic ring is 1. The molecule has 0 aliphatic carbocycles. The molecule has 1 rings (SSSR count). The standard InChI is InChI=1S/C12H19N3O/c1-8-5-6-10(7-11(8)13)14-9(2)12(16)15(3)4/h5-7,9,14H,13H2,1-4H3. The van der Waals surface area contributed by atoms with Crippen molar-refractivity contribution in [3.8, 4) is 0 Å². The Morgan fingerprint density at radius 3 is 2.56 bits per heavy atom. The quantitative estimate of drug-likeness (QED) is 0.760. The lowest BCUT2D eigenvalue weighted by Gasteiger charge is -2.19. The summed E-state index contributed by atoms with van der Waals surface area (Å²) in [6.45, 7) is 3.78. The van der Waals surface area contributed by atoms with Crippen LogP contribution in [0.1, 0.15) is 12.5 Å². The maximum atomic E-state index is 11.6. The van der Waals surface area contributed by atoms with Gasteiger partial charge in [-0.2, -0.15) is 0 Å². The van der Waals surface area contributed by atoms with E-state index in [1.54, 1.807) is 19.0 Å². The molecule has 1 aromatic rings. The molecule has 16 heavy (non-hydrogen) atoms. The summed E-state index contributed by atoms with van der Waals surface area (Å²) in [5.74, 6) is 0.0409. The van der Waals surface area contributed by atoms with Crippen LogP contribution in [0.3, 0.4) is 0 Å². The summed E-state index contributed by atoms with van der Waals surface area (Å²) in [6.07, 6.45) is 0. The predicted octanol–water partition coefficient (Wildman–Crippen LogP) is 1.47. The molecule has 4 nitrogen and oxygen atoms in total. The van der Waals surface area contributed by atoms with Gasteiger partial charge in [-0.05, 0) is 31.5 Å². The molecule has 0 saturated heterocycles. The molecule has 1 aromatic carbocycles. The Morgan fingerprint density at radius 1 is 1.44 bits per heavy atom. The van der Waals surface area contributed by atoms with Gasteiger partial charge in [-0.15, -0.1) is 0 Å². The Bertz CT molecular complexity index is 388. The number of anilines is 2. The second kappa shape index (κ2) is 4.88. The lowest BCUT2D eigenvalue weighted by atomic mass is 10.1. The number of likely N-dealkylation sites (N-methyl/N-ethyl adjacent to an activating group) is 1. The van der Waals surface area contributed by atoms with E-state index in [2.05, 4.69) is 5.32 Å². The van der Waals surface area contributed by atoms with Crippen LogP contribution in [0.15, 0.2) is 18.2 Å². The largest absolute Gasteiger partial charge is 0.398 e. The van der Waals surface area contributed by atoms with Crippen molar-refractivity contribution in [3.05, 3.63) is 23.8 Å². The third-order valence-corrected chi connectivity index (χ3v) is 2.47. The van der Waals surface area contributed by atoms with Crippen molar-refractivity contribution in [1.29, 1.82) is 0 Å². The number of carbonyl (C=O) groups excluding carboxylic acids is 1. The average molecular weight is 221 g/mol. The highest BCUT2D eigenvalue weighted by Crippen LogP contribution is 2.17. The van der Waals surface area contributed by atoms with E-state index in [4.69, 9.17) is 5.73 Å². The highest BCUT2D eigenvalue weighted by Gasteiger charge is 2.14. The van der Waals surface area contributed by atoms with E-state index in [0.29, 0.717) is 0 Å². The van der Waals surface area contributed by atoms with Gasteiger partial charge in [0.2, 0.25) is 5.91 Å². The van der Waals surface area contributed by atoms with E-state index in [9.17, 15) is 4.79 Å². The van der Waals surface area contributed by atoms with E-state index >= 15 is 0 Å². The minimum Gasteiger partial charge on any atom is -0.398 e. The van der Waals surface area contributed by atoms with Gasteiger partial charge in [0.15, 0.2) is 0 Å². The monoisotopic (exact) mass is 221 g/mol. The normalized spacial score (nSPS) is 12.0. The number of hydrogen-bond acceptors (Lipinski definition) is 3. The average Bonchev–Trinajstić information content (AvgIpc) is 2.22. The number of nitrogens with two attached hydrogens (primary N) is 1. The van der Waals surface area contributed by atoms with Gasteiger partial charge >= 0.3 is 0 Å². The fourth-order valence-corrected chi connectivity index (χ4v) is 1.43. The van der Waals surface area contributed by atoms with Gasteiger partial charge in [-0.1, -0.05) is 6.07 Å². The molecule has 0 spiro atoms. The molecule has 0 bridgehead atoms. The van der Waals surface area contributed by atoms with Crippen LogP contribution in [0.25, 0.3) is 0 Å². The first-order chi connectivity index (χ1) is 7.41. The first-order valence-corrected chi connectivity index (χ1v) is 5.25. The number of hydrogen-bond donors (Lipinski definition) is 2. The first-order valence-electron chi connectivity index (χ1n) is 5.25. The van der Waals surface area contributed by atoms with Gasteiger partial charge in [-0.25, -0.2) is 0 Å². The van der Waals surface area contributed by atoms with Crippen molar-refractivity contribution in [3.63, 3.8) is 0 Å². The molecule has 0 fully saturated rings. The molecule has 88 valence electrons. The summed E-state index contributed by atoms with van der Waals surface area (Å²) in [7, 11) is 3.48. The van der Waals surface area contributed by atoms with Crippen molar-refractivity contribution in [2.45, 2.75) is 19.9 Å². The second-order valence-electron chi connectivity index (χ2n) is 4.17. The third-order valence-electron chi connectivity index (χ3n) is 2.47. The van der Waals surface area contributed by atoms with Gasteiger partial charge in [-0.3, -0.25) is 4.79 Å². The van der Waals surface area contributed by atoms with Gasteiger partial charge < -0.3 is 16.0 Å². The fourth-order valence-electron chi connectivity index (χ4n) is 1.43. The van der Waals surface area contributed by atoms with Gasteiger partial charge in [0.1, 0.15) is 6.04 Å². The lowest BCUT2D eigenvalue weighted by Crippen LogP contribution is -2.36. The zero-order valence-electron chi connectivity index (χ0n) is 10.2. The van der Waals surface area contributed by atoms with Crippen LogP contribution in [0.2, 0.25) is 0 Å². The summed E-state index contributed by atoms with van der Waals surface area (Å²) >= 11 is 0. The molecule has 1 unspecified atom stereocenters. The summed E-state index contributed by atoms with van der Waals surface area (Å²) in [6, 6.07) is 5.45. The zero-order valence-corrected chi connectivity index (χ0v) is 10.2. The molecule has 3 N–H and O–H groups in total. The molecular formula is C12H19N3O. The Balaban J connectivity index is 2.73. The number of amides is 1. The maximum absolute atomic E-state index is 11.6. The molecule has 1 amide bonds. The smallest absolute Gasteiger partial charge is 0.244 e. The van der Waals surface area contributed by atoms with Crippen LogP contribution in [0.5, 0.6) is 0 Å². The zero-order chi connectivity index (χ0) is 12.3. The summed E-state index contributed by atoms with van der Waals surface area (Å²) < 4.78 is 0. The van der Waals surface area contributed by atoms with E-state index in [1.807, 2.05) is 32.0 Å². The van der Waals surface area contributed by atoms with Gasteiger partial charge in [0.25, 0.3) is 0 Å². The number of rotatable bonds is 3. The van der Waals surface area contributed by atoms with Crippen molar-refractivity contribution >= 4 is 17.3 Å². The molecule has 0 aromatic heterocycles. The maximum Gasteiger partial charge on any atom is 0.244 e. The Labute approximate surface area is 96.4 Å². The minimum absolute atomic E-state index is 0.0409. The van der Waals surface area contributed by atoms with Gasteiger partial charge in [0.05, 0.1) is 0 Å². The molecular weight excluding hydrogens is 202 g/mol. The molecule has 1 atom stereocenters. The number of nitrogens with zero attached hydrogens (tertiary/aromatic N) is 1.